The number of carbonyl (C=O) groups excluding carboxylic acids is 1. The summed E-state index contributed by atoms with van der Waals surface area (Å²) in [5, 5.41) is 13.1. The summed E-state index contributed by atoms with van der Waals surface area (Å²) in [5.41, 5.74) is 0. The van der Waals surface area contributed by atoms with Gasteiger partial charge >= 0.3 is 5.88 Å². The largest absolute Gasteiger partial charge is 0.433 e. The molecular formula is C11H16N2O4. The highest BCUT2D eigenvalue weighted by Crippen LogP contribution is 2.15. The first-order chi connectivity index (χ1) is 8.08. The van der Waals surface area contributed by atoms with Crippen molar-refractivity contribution in [3.63, 3.8) is 0 Å². The molecule has 17 heavy (non-hydrogen) atoms. The Kier molecular flexibility index (Phi) is 4.68. The van der Waals surface area contributed by atoms with Gasteiger partial charge in [-0.2, -0.15) is 0 Å². The highest BCUT2D eigenvalue weighted by Gasteiger charge is 2.17. The second-order valence-corrected chi connectivity index (χ2v) is 3.79. The lowest BCUT2D eigenvalue weighted by molar-refractivity contribution is -0.402. The van der Waals surface area contributed by atoms with Crippen molar-refractivity contribution in [3.05, 3.63) is 28.0 Å². The second kappa shape index (κ2) is 6.03. The fourth-order valence-electron chi connectivity index (χ4n) is 1.45. The van der Waals surface area contributed by atoms with Gasteiger partial charge < -0.3 is 9.73 Å². The van der Waals surface area contributed by atoms with Crippen molar-refractivity contribution >= 4 is 11.8 Å². The minimum atomic E-state index is -0.669. The number of hydrogen-bond acceptors (Lipinski definition) is 4. The Morgan fingerprint density at radius 3 is 2.59 bits per heavy atom. The number of furan rings is 1. The third kappa shape index (κ3) is 3.58. The number of carbonyl (C=O) groups is 1. The molecule has 0 fully saturated rings. The molecule has 0 aliphatic heterocycles. The van der Waals surface area contributed by atoms with Gasteiger partial charge in [0.2, 0.25) is 0 Å². The Balaban J connectivity index is 2.54. The van der Waals surface area contributed by atoms with E-state index in [-0.39, 0.29) is 5.76 Å². The van der Waals surface area contributed by atoms with Crippen molar-refractivity contribution in [2.75, 3.05) is 6.54 Å². The molecule has 0 bridgehead atoms. The zero-order valence-electron chi connectivity index (χ0n) is 9.93. The molecule has 0 aromatic carbocycles. The predicted octanol–water partition coefficient (Wildman–Crippen LogP) is 2.35. The van der Waals surface area contributed by atoms with Gasteiger partial charge in [-0.25, -0.2) is 0 Å². The summed E-state index contributed by atoms with van der Waals surface area (Å²) in [6, 6.07) is 2.48. The lowest BCUT2D eigenvalue weighted by atomic mass is 10.0. The fourth-order valence-corrected chi connectivity index (χ4v) is 1.45. The van der Waals surface area contributed by atoms with Gasteiger partial charge in [-0.15, -0.1) is 0 Å². The van der Waals surface area contributed by atoms with Crippen LogP contribution in [0.5, 0.6) is 0 Å². The van der Waals surface area contributed by atoms with E-state index in [0.29, 0.717) is 12.5 Å². The van der Waals surface area contributed by atoms with Crippen LogP contribution in [0.1, 0.15) is 37.2 Å². The summed E-state index contributed by atoms with van der Waals surface area (Å²) in [4.78, 5) is 21.3. The number of nitro groups is 1. The lowest BCUT2D eigenvalue weighted by Crippen LogP contribution is -2.28. The average Bonchev–Trinajstić information content (AvgIpc) is 2.79. The molecule has 1 heterocycles. The number of nitrogens with one attached hydrogen (secondary N) is 1. The van der Waals surface area contributed by atoms with E-state index in [9.17, 15) is 14.9 Å². The standard InChI is InChI=1S/C11H16N2O4/c1-3-8(4-2)7-12-11(14)9-5-6-10(17-9)13(15)16/h5-6,8H,3-4,7H2,1-2H3,(H,12,14). The van der Waals surface area contributed by atoms with Gasteiger partial charge in [0.1, 0.15) is 4.92 Å². The molecular weight excluding hydrogens is 224 g/mol. The van der Waals surface area contributed by atoms with Crippen LogP contribution in [-0.2, 0) is 0 Å². The molecule has 0 radical (unpaired) electrons. The molecule has 1 aromatic rings. The van der Waals surface area contributed by atoms with E-state index < -0.39 is 16.7 Å². The van der Waals surface area contributed by atoms with Crippen LogP contribution in [0.3, 0.4) is 0 Å². The Morgan fingerprint density at radius 1 is 1.47 bits per heavy atom. The van der Waals surface area contributed by atoms with E-state index in [2.05, 4.69) is 19.2 Å². The van der Waals surface area contributed by atoms with E-state index in [1.807, 2.05) is 0 Å². The highest BCUT2D eigenvalue weighted by atomic mass is 16.6. The van der Waals surface area contributed by atoms with E-state index in [1.165, 1.54) is 12.1 Å². The van der Waals surface area contributed by atoms with Crippen LogP contribution in [-0.4, -0.2) is 17.4 Å². The van der Waals surface area contributed by atoms with Crippen molar-refractivity contribution < 1.29 is 14.1 Å². The van der Waals surface area contributed by atoms with Gasteiger partial charge in [0.25, 0.3) is 5.91 Å². The molecule has 1 rings (SSSR count). The Hall–Kier alpha value is -1.85. The molecule has 0 aliphatic rings. The molecule has 6 nitrogen and oxygen atoms in total. The van der Waals surface area contributed by atoms with Gasteiger partial charge in [-0.05, 0) is 12.0 Å². The molecule has 0 atom stereocenters. The summed E-state index contributed by atoms with van der Waals surface area (Å²) in [5.74, 6) is -0.436. The molecule has 94 valence electrons. The second-order valence-electron chi connectivity index (χ2n) is 3.79. The molecule has 0 saturated heterocycles. The maximum atomic E-state index is 11.6. The monoisotopic (exact) mass is 240 g/mol. The van der Waals surface area contributed by atoms with Crippen LogP contribution in [0.2, 0.25) is 0 Å². The summed E-state index contributed by atoms with van der Waals surface area (Å²) in [7, 11) is 0. The van der Waals surface area contributed by atoms with Crippen LogP contribution in [0, 0.1) is 16.0 Å². The van der Waals surface area contributed by atoms with Crippen LogP contribution in [0.4, 0.5) is 5.88 Å². The molecule has 0 spiro atoms. The molecule has 0 unspecified atom stereocenters. The van der Waals surface area contributed by atoms with Crippen molar-refractivity contribution in [2.24, 2.45) is 5.92 Å². The van der Waals surface area contributed by atoms with Gasteiger partial charge in [-0.3, -0.25) is 14.9 Å². The van der Waals surface area contributed by atoms with E-state index in [1.54, 1.807) is 0 Å². The van der Waals surface area contributed by atoms with Gasteiger partial charge in [0.15, 0.2) is 5.76 Å². The molecule has 1 aromatic heterocycles. The van der Waals surface area contributed by atoms with E-state index in [0.717, 1.165) is 12.8 Å². The topological polar surface area (TPSA) is 85.4 Å². The lowest BCUT2D eigenvalue weighted by Gasteiger charge is -2.11. The minimum Gasteiger partial charge on any atom is -0.395 e. The first-order valence-electron chi connectivity index (χ1n) is 5.60. The summed E-state index contributed by atoms with van der Waals surface area (Å²) < 4.78 is 4.80. The Morgan fingerprint density at radius 2 is 2.12 bits per heavy atom. The number of amides is 1. The predicted molar refractivity (Wildman–Crippen MR) is 61.8 cm³/mol. The number of hydrogen-bond donors (Lipinski definition) is 1. The first-order valence-corrected chi connectivity index (χ1v) is 5.60. The normalized spacial score (nSPS) is 10.5. The fraction of sp³-hybridized carbons (Fsp3) is 0.545. The summed E-state index contributed by atoms with van der Waals surface area (Å²) in [6.45, 7) is 4.66. The molecule has 6 heteroatoms. The van der Waals surface area contributed by atoms with Crippen molar-refractivity contribution in [1.82, 2.24) is 5.32 Å². The zero-order chi connectivity index (χ0) is 12.8. The van der Waals surface area contributed by atoms with E-state index in [4.69, 9.17) is 4.42 Å². The van der Waals surface area contributed by atoms with Crippen LogP contribution >= 0.6 is 0 Å². The third-order valence-electron chi connectivity index (χ3n) is 2.70. The number of nitrogens with zero attached hydrogens (tertiary/aromatic N) is 1. The smallest absolute Gasteiger partial charge is 0.395 e. The van der Waals surface area contributed by atoms with Crippen molar-refractivity contribution in [1.29, 1.82) is 0 Å². The SMILES string of the molecule is CCC(CC)CNC(=O)c1ccc([N+](=O)[O-])o1. The summed E-state index contributed by atoms with van der Waals surface area (Å²) >= 11 is 0. The minimum absolute atomic E-state index is 0.0253. The third-order valence-corrected chi connectivity index (χ3v) is 2.70. The zero-order valence-corrected chi connectivity index (χ0v) is 9.93. The molecule has 0 saturated carbocycles. The van der Waals surface area contributed by atoms with Gasteiger partial charge in [-0.1, -0.05) is 26.7 Å². The van der Waals surface area contributed by atoms with Crippen molar-refractivity contribution in [2.45, 2.75) is 26.7 Å². The van der Waals surface area contributed by atoms with E-state index >= 15 is 0 Å². The Labute approximate surface area is 99.1 Å². The average molecular weight is 240 g/mol. The summed E-state index contributed by atoms with van der Waals surface area (Å²) in [6.07, 6.45) is 1.96. The van der Waals surface area contributed by atoms with Gasteiger partial charge in [0.05, 0.1) is 6.07 Å². The van der Waals surface area contributed by atoms with Crippen LogP contribution < -0.4 is 5.32 Å². The van der Waals surface area contributed by atoms with Crippen LogP contribution in [0.25, 0.3) is 0 Å². The maximum absolute atomic E-state index is 11.6. The Bertz CT molecular complexity index is 396. The maximum Gasteiger partial charge on any atom is 0.433 e. The first kappa shape index (κ1) is 13.2. The molecule has 1 amide bonds. The highest BCUT2D eigenvalue weighted by molar-refractivity contribution is 5.91. The quantitative estimate of drug-likeness (QED) is 0.610. The molecule has 1 N–H and O–H groups in total. The van der Waals surface area contributed by atoms with Gasteiger partial charge in [0, 0.05) is 6.54 Å². The molecule has 0 aliphatic carbocycles. The van der Waals surface area contributed by atoms with Crippen LogP contribution in [0.15, 0.2) is 16.5 Å². The van der Waals surface area contributed by atoms with Crippen molar-refractivity contribution in [3.8, 4) is 0 Å². The number of rotatable bonds is 6.